The molecular weight excluding hydrogens is 1020 g/mol. The summed E-state index contributed by atoms with van der Waals surface area (Å²) in [5.74, 6) is -1.15. The third-order valence-corrected chi connectivity index (χ3v) is 14.1. The quantitative estimate of drug-likeness (QED) is 0.138. The Morgan fingerprint density at radius 2 is 0.961 bits per heavy atom. The molecule has 0 amide bonds. The summed E-state index contributed by atoms with van der Waals surface area (Å²) in [7, 11) is 0. The molecular formula is C56H57ClF4N12O4. The van der Waals surface area contributed by atoms with Crippen molar-refractivity contribution < 1.29 is 36.5 Å². The number of nitrogen functional groups attached to an aromatic ring is 1. The van der Waals surface area contributed by atoms with E-state index < -0.39 is 23.3 Å². The standard InChI is InChI=1S/C28H28F2N6O2.C15H9ClF2N2.C13H20N4O2/c1-18-26(22-4-2-3-5-31-22)33-23-15-19(29)14-21(30)25(23)27(18)34-24-16-20(35-6-10-37-11-7-35)17-32-28(24)36-8-12-38-13-9-36;1-8-14(16)13-10(18)6-9(17)7-12(13)20-15(8)11-4-2-3-5-19-11;14-12-9-11(16-1-5-18-6-2-16)10-15-13(12)17-3-7-19-8-4-17/h2-5,14-17H,6-13H2,1H3,(H,33,34);2-7H,1H3;9-10H,1-8,14H2. The van der Waals surface area contributed by atoms with Crippen molar-refractivity contribution in [1.82, 2.24) is 29.9 Å². The molecule has 2 aromatic carbocycles. The van der Waals surface area contributed by atoms with Crippen molar-refractivity contribution in [2.45, 2.75) is 13.8 Å². The number of fused-ring (bicyclic) bond motifs is 2. The molecule has 12 rings (SSSR count). The fourth-order valence-electron chi connectivity index (χ4n) is 9.62. The molecule has 16 nitrogen and oxygen atoms in total. The molecule has 21 heteroatoms. The molecule has 0 atom stereocenters. The zero-order valence-electron chi connectivity index (χ0n) is 42.6. The second-order valence-electron chi connectivity index (χ2n) is 18.5. The summed E-state index contributed by atoms with van der Waals surface area (Å²) in [6.07, 6.45) is 7.08. The van der Waals surface area contributed by atoms with Gasteiger partial charge in [-0.15, -0.1) is 0 Å². The molecule has 4 aliphatic rings. The highest BCUT2D eigenvalue weighted by atomic mass is 35.5. The summed E-state index contributed by atoms with van der Waals surface area (Å²) in [6.45, 7) is 15.5. The van der Waals surface area contributed by atoms with Crippen LogP contribution in [-0.4, -0.2) is 135 Å². The maximum Gasteiger partial charge on any atom is 0.152 e. The molecule has 6 aromatic heterocycles. The number of pyridine rings is 6. The minimum absolute atomic E-state index is 0.130. The Hall–Kier alpha value is -7.49. The Bertz CT molecular complexity index is 3350. The molecule has 4 fully saturated rings. The number of nitrogens with two attached hydrogens (primary N) is 1. The van der Waals surface area contributed by atoms with Crippen LogP contribution in [0.3, 0.4) is 0 Å². The van der Waals surface area contributed by atoms with Crippen LogP contribution in [0.4, 0.5) is 57.6 Å². The lowest BCUT2D eigenvalue weighted by Gasteiger charge is -2.32. The average molecular weight is 1070 g/mol. The second-order valence-corrected chi connectivity index (χ2v) is 18.9. The average Bonchev–Trinajstić information content (AvgIpc) is 3.47. The van der Waals surface area contributed by atoms with E-state index in [1.165, 1.54) is 6.07 Å². The molecule has 0 bridgehead atoms. The van der Waals surface area contributed by atoms with Gasteiger partial charge in [0.25, 0.3) is 0 Å². The van der Waals surface area contributed by atoms with Crippen LogP contribution in [0, 0.1) is 37.1 Å². The fraction of sp³-hybridized carbons (Fsp3) is 0.321. The van der Waals surface area contributed by atoms with Gasteiger partial charge in [0.2, 0.25) is 0 Å². The number of hydrogen-bond donors (Lipinski definition) is 2. The largest absolute Gasteiger partial charge is 0.396 e. The van der Waals surface area contributed by atoms with E-state index in [0.29, 0.717) is 79.1 Å². The van der Waals surface area contributed by atoms with E-state index in [1.807, 2.05) is 55.7 Å². The van der Waals surface area contributed by atoms with E-state index in [2.05, 4.69) is 49.8 Å². The van der Waals surface area contributed by atoms with E-state index in [-0.39, 0.29) is 26.8 Å². The van der Waals surface area contributed by atoms with Gasteiger partial charge in [0.05, 0.1) is 143 Å². The summed E-state index contributed by atoms with van der Waals surface area (Å²) in [5, 5.41) is 4.07. The molecule has 400 valence electrons. The number of morpholine rings is 4. The molecule has 8 aromatic rings. The predicted molar refractivity (Wildman–Crippen MR) is 293 cm³/mol. The summed E-state index contributed by atoms with van der Waals surface area (Å²) in [4.78, 5) is 35.8. The zero-order chi connectivity index (χ0) is 53.4. The highest BCUT2D eigenvalue weighted by molar-refractivity contribution is 6.36. The third-order valence-electron chi connectivity index (χ3n) is 13.6. The molecule has 3 N–H and O–H groups in total. The van der Waals surface area contributed by atoms with Crippen molar-refractivity contribution in [3.8, 4) is 22.8 Å². The maximum absolute atomic E-state index is 15.3. The van der Waals surface area contributed by atoms with Crippen molar-refractivity contribution in [3.63, 3.8) is 0 Å². The third kappa shape index (κ3) is 12.1. The first-order valence-electron chi connectivity index (χ1n) is 25.4. The van der Waals surface area contributed by atoms with Crippen molar-refractivity contribution in [2.24, 2.45) is 0 Å². The Morgan fingerprint density at radius 3 is 1.45 bits per heavy atom. The van der Waals surface area contributed by atoms with Crippen LogP contribution in [0.2, 0.25) is 5.02 Å². The topological polar surface area (TPSA) is 165 Å². The summed E-state index contributed by atoms with van der Waals surface area (Å²) < 4.78 is 78.6. The van der Waals surface area contributed by atoms with Crippen LogP contribution in [0.1, 0.15) is 11.1 Å². The van der Waals surface area contributed by atoms with Gasteiger partial charge in [0.1, 0.15) is 23.3 Å². The first kappa shape index (κ1) is 52.9. The number of halogens is 5. The van der Waals surface area contributed by atoms with Crippen LogP contribution >= 0.6 is 11.6 Å². The van der Waals surface area contributed by atoms with Gasteiger partial charge in [0, 0.05) is 94.6 Å². The van der Waals surface area contributed by atoms with Gasteiger partial charge in [-0.2, -0.15) is 0 Å². The number of nitrogens with one attached hydrogen (secondary N) is 1. The molecule has 0 saturated carbocycles. The normalized spacial score (nSPS) is 15.9. The number of benzene rings is 2. The number of anilines is 7. The monoisotopic (exact) mass is 1070 g/mol. The van der Waals surface area contributed by atoms with Gasteiger partial charge in [0.15, 0.2) is 11.6 Å². The lowest BCUT2D eigenvalue weighted by Crippen LogP contribution is -2.38. The summed E-state index contributed by atoms with van der Waals surface area (Å²) >= 11 is 6.21. The maximum atomic E-state index is 15.3. The first-order chi connectivity index (χ1) is 37.5. The molecule has 0 unspecified atom stereocenters. The molecule has 4 aliphatic heterocycles. The van der Waals surface area contributed by atoms with Crippen LogP contribution in [-0.2, 0) is 18.9 Å². The summed E-state index contributed by atoms with van der Waals surface area (Å²) in [5.41, 5.74) is 14.2. The smallest absolute Gasteiger partial charge is 0.152 e. The number of ether oxygens (including phenoxy) is 4. The van der Waals surface area contributed by atoms with Crippen molar-refractivity contribution in [3.05, 3.63) is 137 Å². The van der Waals surface area contributed by atoms with Gasteiger partial charge in [-0.25, -0.2) is 37.5 Å². The van der Waals surface area contributed by atoms with Crippen molar-refractivity contribution in [2.75, 3.05) is 136 Å². The number of nitrogens with zero attached hydrogens (tertiary/aromatic N) is 10. The van der Waals surface area contributed by atoms with Gasteiger partial charge < -0.3 is 49.6 Å². The van der Waals surface area contributed by atoms with Crippen molar-refractivity contribution in [1.29, 1.82) is 0 Å². The molecule has 10 heterocycles. The van der Waals surface area contributed by atoms with Crippen LogP contribution in [0.5, 0.6) is 0 Å². The fourth-order valence-corrected chi connectivity index (χ4v) is 9.90. The lowest BCUT2D eigenvalue weighted by molar-refractivity contribution is 0.122. The minimum Gasteiger partial charge on any atom is -0.396 e. The predicted octanol–water partition coefficient (Wildman–Crippen LogP) is 9.57. The molecule has 4 saturated heterocycles. The Labute approximate surface area is 447 Å². The lowest BCUT2D eigenvalue weighted by atomic mass is 10.0. The van der Waals surface area contributed by atoms with Gasteiger partial charge >= 0.3 is 0 Å². The number of hydrogen-bond acceptors (Lipinski definition) is 16. The number of rotatable bonds is 8. The van der Waals surface area contributed by atoms with Crippen LogP contribution in [0.15, 0.2) is 97.6 Å². The number of aromatic nitrogens is 6. The van der Waals surface area contributed by atoms with E-state index in [4.69, 9.17) is 41.3 Å². The summed E-state index contributed by atoms with van der Waals surface area (Å²) in [6, 6.07) is 19.0. The molecule has 0 radical (unpaired) electrons. The zero-order valence-corrected chi connectivity index (χ0v) is 43.4. The first-order valence-corrected chi connectivity index (χ1v) is 25.8. The highest BCUT2D eigenvalue weighted by Gasteiger charge is 2.25. The Balaban J connectivity index is 0.000000145. The van der Waals surface area contributed by atoms with E-state index >= 15 is 4.39 Å². The SMILES string of the molecule is Cc1c(-c2ccccn2)nc2cc(F)cc(F)c2c1Cl.Cc1c(-c2ccccn2)nc2cc(F)cc(F)c2c1Nc1cc(N2CCOCC2)cnc1N1CCOCC1.Nc1cc(N2CCOCC2)cnc1N1CCOCC1. The van der Waals surface area contributed by atoms with Crippen LogP contribution < -0.4 is 30.7 Å². The molecule has 77 heavy (non-hydrogen) atoms. The van der Waals surface area contributed by atoms with E-state index in [0.717, 1.165) is 118 Å². The Kier molecular flexibility index (Phi) is 16.7. The second kappa shape index (κ2) is 24.2. The van der Waals surface area contributed by atoms with E-state index in [9.17, 15) is 13.2 Å². The van der Waals surface area contributed by atoms with E-state index in [1.54, 1.807) is 31.5 Å². The van der Waals surface area contributed by atoms with Crippen LogP contribution in [0.25, 0.3) is 44.6 Å². The van der Waals surface area contributed by atoms with Crippen molar-refractivity contribution >= 4 is 73.5 Å². The van der Waals surface area contributed by atoms with Gasteiger partial charge in [-0.05, 0) is 55.8 Å². The van der Waals surface area contributed by atoms with Gasteiger partial charge in [-0.1, -0.05) is 23.7 Å². The highest BCUT2D eigenvalue weighted by Crippen LogP contribution is 2.40. The molecule has 0 spiro atoms. The minimum atomic E-state index is -0.715. The molecule has 0 aliphatic carbocycles. The Morgan fingerprint density at radius 1 is 0.519 bits per heavy atom. The van der Waals surface area contributed by atoms with Gasteiger partial charge in [-0.3, -0.25) is 9.97 Å².